The quantitative estimate of drug-likeness (QED) is 0.750. The Kier molecular flexibility index (Phi) is 3.56. The van der Waals surface area contributed by atoms with Crippen LogP contribution in [0.25, 0.3) is 0 Å². The minimum Gasteiger partial charge on any atom is -0.382 e. The highest BCUT2D eigenvalue weighted by Gasteiger charge is 1.97. The summed E-state index contributed by atoms with van der Waals surface area (Å²) in [7, 11) is 0. The lowest BCUT2D eigenvalue weighted by molar-refractivity contribution is 0.123. The number of nitrogens with one attached hydrogen (secondary N) is 1. The fourth-order valence-corrected chi connectivity index (χ4v) is 1.45. The number of benzene rings is 1. The molecule has 4 heteroatoms. The lowest BCUT2D eigenvalue weighted by atomic mass is 10.2. The number of hydrogen-bond acceptors (Lipinski definition) is 3. The van der Waals surface area contributed by atoms with Gasteiger partial charge in [-0.25, -0.2) is 0 Å². The number of rotatable bonds is 5. The highest BCUT2D eigenvalue weighted by molar-refractivity contribution is 5.28. The van der Waals surface area contributed by atoms with Gasteiger partial charge in [0.15, 0.2) is 0 Å². The molecule has 0 bridgehead atoms. The molecular formula is C12H15N3O. The van der Waals surface area contributed by atoms with Crippen LogP contribution in [-0.2, 0) is 17.8 Å². The molecule has 0 fully saturated rings. The molecule has 0 radical (unpaired) electrons. The molecule has 16 heavy (non-hydrogen) atoms. The topological polar surface area (TPSA) is 63.9 Å². The third-order valence-corrected chi connectivity index (χ3v) is 2.28. The predicted octanol–water partition coefficient (Wildman–Crippen LogP) is 1.75. The molecule has 2 aromatic rings. The van der Waals surface area contributed by atoms with Crippen LogP contribution in [-0.4, -0.2) is 16.8 Å². The van der Waals surface area contributed by atoms with E-state index < -0.39 is 0 Å². The van der Waals surface area contributed by atoms with Crippen LogP contribution < -0.4 is 5.73 Å². The van der Waals surface area contributed by atoms with Gasteiger partial charge in [0, 0.05) is 18.2 Å². The van der Waals surface area contributed by atoms with Gasteiger partial charge in [-0.1, -0.05) is 30.3 Å². The van der Waals surface area contributed by atoms with Gasteiger partial charge in [0.2, 0.25) is 0 Å². The number of aromatic amines is 1. The molecule has 84 valence electrons. The van der Waals surface area contributed by atoms with Crippen molar-refractivity contribution in [2.45, 2.75) is 13.0 Å². The maximum Gasteiger partial charge on any atom is 0.145 e. The third-order valence-electron chi connectivity index (χ3n) is 2.28. The average molecular weight is 217 g/mol. The van der Waals surface area contributed by atoms with Crippen molar-refractivity contribution in [2.75, 3.05) is 12.3 Å². The molecular weight excluding hydrogens is 202 g/mol. The van der Waals surface area contributed by atoms with E-state index in [1.807, 2.05) is 36.4 Å². The first-order valence-corrected chi connectivity index (χ1v) is 5.26. The molecule has 3 N–H and O–H groups in total. The van der Waals surface area contributed by atoms with Crippen LogP contribution >= 0.6 is 0 Å². The summed E-state index contributed by atoms with van der Waals surface area (Å²) in [5.41, 5.74) is 7.68. The second-order valence-corrected chi connectivity index (χ2v) is 3.61. The number of nitrogens with zero attached hydrogens (tertiary/aromatic N) is 1. The van der Waals surface area contributed by atoms with Crippen LogP contribution in [0.2, 0.25) is 0 Å². The van der Waals surface area contributed by atoms with Crippen molar-refractivity contribution in [1.82, 2.24) is 10.2 Å². The molecule has 0 unspecified atom stereocenters. The zero-order chi connectivity index (χ0) is 11.2. The van der Waals surface area contributed by atoms with Crippen LogP contribution in [0.15, 0.2) is 36.4 Å². The summed E-state index contributed by atoms with van der Waals surface area (Å²) < 4.78 is 5.54. The first-order chi connectivity index (χ1) is 7.84. The number of anilines is 1. The minimum absolute atomic E-state index is 0.526. The molecule has 0 aliphatic carbocycles. The standard InChI is InChI=1S/C12H15N3O/c13-12-8-11(14-15-12)6-7-16-9-10-4-2-1-3-5-10/h1-5,8H,6-7,9H2,(H3,13,14,15). The molecule has 0 amide bonds. The van der Waals surface area contributed by atoms with E-state index in [9.17, 15) is 0 Å². The number of nitrogen functional groups attached to an aromatic ring is 1. The van der Waals surface area contributed by atoms with Crippen molar-refractivity contribution in [3.8, 4) is 0 Å². The summed E-state index contributed by atoms with van der Waals surface area (Å²) in [6.07, 6.45) is 0.803. The summed E-state index contributed by atoms with van der Waals surface area (Å²) in [4.78, 5) is 0. The van der Waals surface area contributed by atoms with Gasteiger partial charge >= 0.3 is 0 Å². The lowest BCUT2D eigenvalue weighted by Crippen LogP contribution is -1.99. The monoisotopic (exact) mass is 217 g/mol. The molecule has 0 aliphatic heterocycles. The zero-order valence-electron chi connectivity index (χ0n) is 9.02. The zero-order valence-corrected chi connectivity index (χ0v) is 9.02. The van der Waals surface area contributed by atoms with E-state index >= 15 is 0 Å². The fourth-order valence-electron chi connectivity index (χ4n) is 1.45. The minimum atomic E-state index is 0.526. The van der Waals surface area contributed by atoms with Crippen molar-refractivity contribution >= 4 is 5.82 Å². The Balaban J connectivity index is 1.69. The van der Waals surface area contributed by atoms with Gasteiger partial charge in [0.1, 0.15) is 5.82 Å². The van der Waals surface area contributed by atoms with E-state index in [-0.39, 0.29) is 0 Å². The van der Waals surface area contributed by atoms with Gasteiger partial charge in [0.05, 0.1) is 13.2 Å². The van der Waals surface area contributed by atoms with Gasteiger partial charge in [-0.05, 0) is 5.56 Å². The summed E-state index contributed by atoms with van der Waals surface area (Å²) in [6, 6.07) is 11.9. The van der Waals surface area contributed by atoms with Crippen molar-refractivity contribution < 1.29 is 4.74 Å². The average Bonchev–Trinajstić information content (AvgIpc) is 2.72. The van der Waals surface area contributed by atoms with E-state index in [0.717, 1.165) is 12.1 Å². The SMILES string of the molecule is Nc1cc(CCOCc2ccccc2)[nH]n1. The molecule has 0 spiro atoms. The Labute approximate surface area is 94.4 Å². The lowest BCUT2D eigenvalue weighted by Gasteiger charge is -2.02. The van der Waals surface area contributed by atoms with Crippen LogP contribution in [0.5, 0.6) is 0 Å². The largest absolute Gasteiger partial charge is 0.382 e. The normalized spacial score (nSPS) is 10.5. The molecule has 4 nitrogen and oxygen atoms in total. The van der Waals surface area contributed by atoms with Crippen molar-refractivity contribution in [3.05, 3.63) is 47.7 Å². The van der Waals surface area contributed by atoms with E-state index in [1.165, 1.54) is 5.56 Å². The number of aromatic nitrogens is 2. The Morgan fingerprint density at radius 3 is 2.75 bits per heavy atom. The van der Waals surface area contributed by atoms with Gasteiger partial charge in [0.25, 0.3) is 0 Å². The number of ether oxygens (including phenoxy) is 1. The smallest absolute Gasteiger partial charge is 0.145 e. The first-order valence-electron chi connectivity index (χ1n) is 5.26. The van der Waals surface area contributed by atoms with E-state index in [4.69, 9.17) is 10.5 Å². The molecule has 2 rings (SSSR count). The Morgan fingerprint density at radius 1 is 1.25 bits per heavy atom. The number of nitrogens with two attached hydrogens (primary N) is 1. The Hall–Kier alpha value is -1.81. The maximum absolute atomic E-state index is 5.54. The van der Waals surface area contributed by atoms with Gasteiger partial charge in [-0.3, -0.25) is 5.10 Å². The summed E-state index contributed by atoms with van der Waals surface area (Å²) in [6.45, 7) is 1.31. The van der Waals surface area contributed by atoms with Crippen molar-refractivity contribution in [3.63, 3.8) is 0 Å². The second-order valence-electron chi connectivity index (χ2n) is 3.61. The second kappa shape index (κ2) is 5.32. The maximum atomic E-state index is 5.54. The van der Waals surface area contributed by atoms with Crippen LogP contribution in [0.3, 0.4) is 0 Å². The molecule has 0 aliphatic rings. The van der Waals surface area contributed by atoms with Gasteiger partial charge < -0.3 is 10.5 Å². The fraction of sp³-hybridized carbons (Fsp3) is 0.250. The Bertz CT molecular complexity index is 425. The van der Waals surface area contributed by atoms with Crippen LogP contribution in [0.4, 0.5) is 5.82 Å². The van der Waals surface area contributed by atoms with Crippen LogP contribution in [0, 0.1) is 0 Å². The summed E-state index contributed by atoms with van der Waals surface area (Å²) in [5.74, 6) is 0.526. The molecule has 1 aromatic heterocycles. The van der Waals surface area contributed by atoms with Gasteiger partial charge in [-0.15, -0.1) is 0 Å². The molecule has 0 saturated carbocycles. The predicted molar refractivity (Wildman–Crippen MR) is 62.8 cm³/mol. The highest BCUT2D eigenvalue weighted by Crippen LogP contribution is 2.03. The highest BCUT2D eigenvalue weighted by atomic mass is 16.5. The third kappa shape index (κ3) is 3.10. The van der Waals surface area contributed by atoms with Crippen LogP contribution in [0.1, 0.15) is 11.3 Å². The molecule has 0 atom stereocenters. The summed E-state index contributed by atoms with van der Waals surface area (Å²) in [5, 5.41) is 6.70. The van der Waals surface area contributed by atoms with E-state index in [2.05, 4.69) is 10.2 Å². The van der Waals surface area contributed by atoms with Gasteiger partial charge in [-0.2, -0.15) is 5.10 Å². The number of hydrogen-bond donors (Lipinski definition) is 2. The van der Waals surface area contributed by atoms with E-state index in [0.29, 0.717) is 19.0 Å². The first kappa shape index (κ1) is 10.7. The molecule has 1 aromatic carbocycles. The number of H-pyrrole nitrogens is 1. The molecule has 1 heterocycles. The Morgan fingerprint density at radius 2 is 2.06 bits per heavy atom. The van der Waals surface area contributed by atoms with Crippen molar-refractivity contribution in [2.24, 2.45) is 0 Å². The van der Waals surface area contributed by atoms with E-state index in [1.54, 1.807) is 0 Å². The molecule has 0 saturated heterocycles. The van der Waals surface area contributed by atoms with Crippen molar-refractivity contribution in [1.29, 1.82) is 0 Å². The summed E-state index contributed by atoms with van der Waals surface area (Å²) >= 11 is 0.